The Morgan fingerprint density at radius 2 is 2.14 bits per heavy atom. The number of rotatable bonds is 4. The molecule has 7 heteroatoms. The second-order valence-corrected chi connectivity index (χ2v) is 5.27. The van der Waals surface area contributed by atoms with E-state index in [1.807, 2.05) is 0 Å². The number of amides is 2. The van der Waals surface area contributed by atoms with Crippen molar-refractivity contribution in [1.29, 1.82) is 0 Å². The first-order chi connectivity index (χ1) is 10.4. The summed E-state index contributed by atoms with van der Waals surface area (Å²) in [4.78, 5) is 35.8. The molecule has 2 rings (SSSR count). The maximum atomic E-state index is 13.9. The average molecular weight is 308 g/mol. The number of halogens is 1. The van der Waals surface area contributed by atoms with Crippen LogP contribution in [-0.2, 0) is 9.59 Å². The summed E-state index contributed by atoms with van der Waals surface area (Å²) in [5, 5.41) is 11.4. The first-order valence-electron chi connectivity index (χ1n) is 6.98. The van der Waals surface area contributed by atoms with Crippen LogP contribution >= 0.6 is 0 Å². The zero-order chi connectivity index (χ0) is 16.3. The van der Waals surface area contributed by atoms with Crippen molar-refractivity contribution in [2.45, 2.75) is 32.2 Å². The normalized spacial score (nSPS) is 17.4. The molecule has 0 spiro atoms. The van der Waals surface area contributed by atoms with E-state index in [4.69, 9.17) is 5.11 Å². The van der Waals surface area contributed by atoms with E-state index in [1.54, 1.807) is 0 Å². The largest absolute Gasteiger partial charge is 0.481 e. The van der Waals surface area contributed by atoms with Crippen molar-refractivity contribution >= 4 is 23.5 Å². The fourth-order valence-corrected chi connectivity index (χ4v) is 2.64. The van der Waals surface area contributed by atoms with Crippen LogP contribution in [0.1, 0.15) is 36.5 Å². The minimum atomic E-state index is -0.989. The van der Waals surface area contributed by atoms with Crippen molar-refractivity contribution in [2.75, 3.05) is 11.9 Å². The van der Waals surface area contributed by atoms with Gasteiger partial charge in [0.25, 0.3) is 5.91 Å². The smallest absolute Gasteiger partial charge is 0.305 e. The van der Waals surface area contributed by atoms with E-state index in [-0.39, 0.29) is 17.9 Å². The van der Waals surface area contributed by atoms with Crippen LogP contribution in [0.5, 0.6) is 0 Å². The fraction of sp³-hybridized carbons (Fsp3) is 0.400. The molecule has 2 amide bonds. The van der Waals surface area contributed by atoms with Crippen molar-refractivity contribution in [3.63, 3.8) is 0 Å². The van der Waals surface area contributed by atoms with Crippen LogP contribution < -0.4 is 5.32 Å². The number of aliphatic carboxylic acids is 1. The molecule has 1 unspecified atom stereocenters. The van der Waals surface area contributed by atoms with Gasteiger partial charge >= 0.3 is 5.97 Å². The minimum absolute atomic E-state index is 0.154. The number of nitrogens with one attached hydrogen (secondary N) is 1. The minimum Gasteiger partial charge on any atom is -0.481 e. The predicted molar refractivity (Wildman–Crippen MR) is 77.0 cm³/mol. The second-order valence-electron chi connectivity index (χ2n) is 5.27. The highest BCUT2D eigenvalue weighted by molar-refractivity contribution is 5.97. The molecule has 1 heterocycles. The number of benzene rings is 1. The number of carbonyl (C=O) groups is 3. The maximum absolute atomic E-state index is 13.9. The summed E-state index contributed by atoms with van der Waals surface area (Å²) in [5.41, 5.74) is 0.162. The van der Waals surface area contributed by atoms with Gasteiger partial charge in [0.1, 0.15) is 5.82 Å². The lowest BCUT2D eigenvalue weighted by Crippen LogP contribution is -2.37. The van der Waals surface area contributed by atoms with Gasteiger partial charge in [-0.15, -0.1) is 0 Å². The van der Waals surface area contributed by atoms with E-state index in [2.05, 4.69) is 5.32 Å². The van der Waals surface area contributed by atoms with Crippen molar-refractivity contribution in [1.82, 2.24) is 4.90 Å². The summed E-state index contributed by atoms with van der Waals surface area (Å²) in [6.07, 6.45) is 1.13. The first kappa shape index (κ1) is 15.9. The Labute approximate surface area is 126 Å². The highest BCUT2D eigenvalue weighted by Crippen LogP contribution is 2.25. The molecule has 22 heavy (non-hydrogen) atoms. The molecule has 0 aromatic heterocycles. The summed E-state index contributed by atoms with van der Waals surface area (Å²) >= 11 is 0. The van der Waals surface area contributed by atoms with E-state index in [0.29, 0.717) is 25.1 Å². The molecule has 0 saturated carbocycles. The zero-order valence-corrected chi connectivity index (χ0v) is 12.1. The number of nitrogens with zero attached hydrogens (tertiary/aromatic N) is 1. The summed E-state index contributed by atoms with van der Waals surface area (Å²) in [6, 6.07) is 3.33. The molecule has 6 nitrogen and oxygen atoms in total. The van der Waals surface area contributed by atoms with Crippen molar-refractivity contribution in [3.8, 4) is 0 Å². The molecule has 1 aliphatic rings. The molecule has 1 fully saturated rings. The fourth-order valence-electron chi connectivity index (χ4n) is 2.64. The van der Waals surface area contributed by atoms with Gasteiger partial charge in [0, 0.05) is 25.2 Å². The first-order valence-corrected chi connectivity index (χ1v) is 6.98. The van der Waals surface area contributed by atoms with E-state index < -0.39 is 23.7 Å². The third-order valence-corrected chi connectivity index (χ3v) is 3.57. The molecule has 1 aromatic carbocycles. The molecule has 0 aliphatic carbocycles. The van der Waals surface area contributed by atoms with Crippen LogP contribution in [0.15, 0.2) is 18.2 Å². The van der Waals surface area contributed by atoms with Crippen molar-refractivity contribution in [3.05, 3.63) is 29.6 Å². The predicted octanol–water partition coefficient (Wildman–Crippen LogP) is 1.86. The molecular formula is C15H17FN2O4. The van der Waals surface area contributed by atoms with E-state index in [1.165, 1.54) is 24.0 Å². The lowest BCUT2D eigenvalue weighted by molar-refractivity contribution is -0.138. The lowest BCUT2D eigenvalue weighted by Gasteiger charge is -2.24. The number of hydrogen-bond donors (Lipinski definition) is 2. The molecule has 1 aromatic rings. The molecule has 0 radical (unpaired) electrons. The average Bonchev–Trinajstić information content (AvgIpc) is 2.87. The maximum Gasteiger partial charge on any atom is 0.305 e. The van der Waals surface area contributed by atoms with E-state index in [0.717, 1.165) is 6.07 Å². The zero-order valence-electron chi connectivity index (χ0n) is 12.1. The third kappa shape index (κ3) is 3.60. The molecule has 1 saturated heterocycles. The molecule has 2 N–H and O–H groups in total. The Hall–Kier alpha value is -2.44. The number of carboxylic acid groups (broad SMARTS) is 1. The van der Waals surface area contributed by atoms with E-state index >= 15 is 0 Å². The van der Waals surface area contributed by atoms with Crippen LogP contribution in [-0.4, -0.2) is 40.4 Å². The molecular weight excluding hydrogens is 291 g/mol. The number of carboxylic acids is 1. The van der Waals surface area contributed by atoms with Gasteiger partial charge in [0.15, 0.2) is 0 Å². The summed E-state index contributed by atoms with van der Waals surface area (Å²) in [5.74, 6) is -2.55. The molecule has 118 valence electrons. The SMILES string of the molecule is CC(=O)Nc1ccc(F)c(C(=O)N2CCCC2CC(=O)O)c1. The number of anilines is 1. The van der Waals surface area contributed by atoms with Gasteiger partial charge in [-0.25, -0.2) is 4.39 Å². The Morgan fingerprint density at radius 3 is 2.77 bits per heavy atom. The van der Waals surface area contributed by atoms with Gasteiger partial charge in [-0.05, 0) is 31.0 Å². The van der Waals surface area contributed by atoms with Crippen molar-refractivity contribution in [2.24, 2.45) is 0 Å². The van der Waals surface area contributed by atoms with Crippen LogP contribution in [0.2, 0.25) is 0 Å². The Bertz CT molecular complexity index is 618. The van der Waals surface area contributed by atoms with Gasteiger partial charge in [-0.1, -0.05) is 0 Å². The van der Waals surface area contributed by atoms with Crippen LogP contribution in [0.4, 0.5) is 10.1 Å². The highest BCUT2D eigenvalue weighted by atomic mass is 19.1. The standard InChI is InChI=1S/C15H17FN2O4/c1-9(19)17-10-4-5-13(16)12(7-10)15(22)18-6-2-3-11(18)8-14(20)21/h4-5,7,11H,2-3,6,8H2,1H3,(H,17,19)(H,20,21). The van der Waals surface area contributed by atoms with Crippen LogP contribution in [0.25, 0.3) is 0 Å². The lowest BCUT2D eigenvalue weighted by atomic mass is 10.1. The van der Waals surface area contributed by atoms with Crippen LogP contribution in [0, 0.1) is 5.82 Å². The Balaban J connectivity index is 2.24. The quantitative estimate of drug-likeness (QED) is 0.889. The van der Waals surface area contributed by atoms with Crippen molar-refractivity contribution < 1.29 is 23.9 Å². The monoisotopic (exact) mass is 308 g/mol. The van der Waals surface area contributed by atoms with Gasteiger partial charge in [0.2, 0.25) is 5.91 Å². The van der Waals surface area contributed by atoms with Gasteiger partial charge in [-0.2, -0.15) is 0 Å². The van der Waals surface area contributed by atoms with Gasteiger partial charge < -0.3 is 15.3 Å². The highest BCUT2D eigenvalue weighted by Gasteiger charge is 2.32. The third-order valence-electron chi connectivity index (χ3n) is 3.57. The summed E-state index contributed by atoms with van der Waals surface area (Å²) in [7, 11) is 0. The number of hydrogen-bond acceptors (Lipinski definition) is 3. The molecule has 1 aliphatic heterocycles. The Kier molecular flexibility index (Phi) is 4.75. The topological polar surface area (TPSA) is 86.7 Å². The van der Waals surface area contributed by atoms with E-state index in [9.17, 15) is 18.8 Å². The number of likely N-dealkylation sites (tertiary alicyclic amines) is 1. The summed E-state index contributed by atoms with van der Waals surface area (Å²) < 4.78 is 13.9. The molecule has 0 bridgehead atoms. The second kappa shape index (κ2) is 6.55. The van der Waals surface area contributed by atoms with Gasteiger partial charge in [0.05, 0.1) is 12.0 Å². The molecule has 1 atom stereocenters. The van der Waals surface area contributed by atoms with Crippen LogP contribution in [0.3, 0.4) is 0 Å². The number of carbonyl (C=O) groups excluding carboxylic acids is 2. The van der Waals surface area contributed by atoms with Gasteiger partial charge in [-0.3, -0.25) is 14.4 Å². The Morgan fingerprint density at radius 1 is 1.41 bits per heavy atom. The summed E-state index contributed by atoms with van der Waals surface area (Å²) in [6.45, 7) is 1.72.